The van der Waals surface area contributed by atoms with Crippen molar-refractivity contribution in [3.05, 3.63) is 34.3 Å². The molecule has 1 aliphatic rings. The van der Waals surface area contributed by atoms with Gasteiger partial charge in [0.15, 0.2) is 0 Å². The van der Waals surface area contributed by atoms with Crippen LogP contribution < -0.4 is 4.90 Å². The summed E-state index contributed by atoms with van der Waals surface area (Å²) in [7, 11) is -3.40. The van der Waals surface area contributed by atoms with E-state index in [0.717, 1.165) is 36.0 Å². The van der Waals surface area contributed by atoms with E-state index in [4.69, 9.17) is 0 Å². The molecule has 2 rings (SSSR count). The molecule has 0 atom stereocenters. The van der Waals surface area contributed by atoms with Crippen LogP contribution in [0, 0.1) is 11.8 Å². The van der Waals surface area contributed by atoms with Gasteiger partial charge >= 0.3 is 0 Å². The van der Waals surface area contributed by atoms with Gasteiger partial charge in [0, 0.05) is 49.3 Å². The lowest BCUT2D eigenvalue weighted by molar-refractivity contribution is 0.389. The quantitative estimate of drug-likeness (QED) is 0.517. The molecule has 0 radical (unpaired) electrons. The number of piperazine rings is 1. The fourth-order valence-electron chi connectivity index (χ4n) is 2.53. The van der Waals surface area contributed by atoms with Gasteiger partial charge in [-0.3, -0.25) is 0 Å². The zero-order valence-corrected chi connectivity index (χ0v) is 16.9. The number of nitrogens with zero attached hydrogens (tertiary/aromatic N) is 3. The Morgan fingerprint density at radius 1 is 1.24 bits per heavy atom. The van der Waals surface area contributed by atoms with Gasteiger partial charge in [-0.2, -0.15) is 4.31 Å². The molecule has 1 aliphatic heterocycles. The van der Waals surface area contributed by atoms with Gasteiger partial charge in [0.05, 0.1) is 5.41 Å². The standard InChI is InChI=1S/C18H24BrN3O2S/c1-2-3-4-5-6-7-8-15-25(23,24)22-13-11-21(12-14-22)18-10-9-17(19)16-20-18/h8-10,15-16H,2-5,11-14H2,1H3/b15-8+. The van der Waals surface area contributed by atoms with Crippen LogP contribution in [0.15, 0.2) is 34.3 Å². The molecule has 1 fully saturated rings. The predicted octanol–water partition coefficient (Wildman–Crippen LogP) is 3.39. The van der Waals surface area contributed by atoms with Crippen LogP contribution in [0.1, 0.15) is 32.6 Å². The molecule has 0 unspecified atom stereocenters. The molecule has 7 heteroatoms. The largest absolute Gasteiger partial charge is 0.354 e. The molecule has 1 aromatic rings. The summed E-state index contributed by atoms with van der Waals surface area (Å²) in [5, 5.41) is 1.22. The van der Waals surface area contributed by atoms with Crippen molar-refractivity contribution in [3.8, 4) is 11.8 Å². The van der Waals surface area contributed by atoms with Crippen LogP contribution >= 0.6 is 15.9 Å². The Morgan fingerprint density at radius 2 is 2.00 bits per heavy atom. The lowest BCUT2D eigenvalue weighted by Crippen LogP contribution is -2.48. The van der Waals surface area contributed by atoms with Crippen molar-refractivity contribution in [2.75, 3.05) is 31.1 Å². The minimum atomic E-state index is -3.40. The van der Waals surface area contributed by atoms with Crippen LogP contribution in [0.2, 0.25) is 0 Å². The number of aromatic nitrogens is 1. The molecule has 2 heterocycles. The summed E-state index contributed by atoms with van der Waals surface area (Å²) in [4.78, 5) is 6.45. The van der Waals surface area contributed by atoms with Gasteiger partial charge in [0.25, 0.3) is 0 Å². The Kier molecular flexibility index (Phi) is 7.94. The first-order valence-corrected chi connectivity index (χ1v) is 10.8. The van der Waals surface area contributed by atoms with Gasteiger partial charge in [0.1, 0.15) is 5.82 Å². The smallest absolute Gasteiger partial charge is 0.236 e. The summed E-state index contributed by atoms with van der Waals surface area (Å²) in [5.41, 5.74) is 0. The highest BCUT2D eigenvalue weighted by atomic mass is 79.9. The first-order valence-electron chi connectivity index (χ1n) is 8.54. The number of unbranched alkanes of at least 4 members (excludes halogenated alkanes) is 3. The molecule has 136 valence electrons. The van der Waals surface area contributed by atoms with E-state index in [1.165, 1.54) is 15.8 Å². The van der Waals surface area contributed by atoms with E-state index in [2.05, 4.69) is 44.6 Å². The lowest BCUT2D eigenvalue weighted by atomic mass is 10.2. The molecular formula is C18H24BrN3O2S. The second-order valence-corrected chi connectivity index (χ2v) is 8.58. The second-order valence-electron chi connectivity index (χ2n) is 5.85. The first kappa shape index (κ1) is 20.0. The molecule has 0 saturated carbocycles. The lowest BCUT2D eigenvalue weighted by Gasteiger charge is -2.34. The van der Waals surface area contributed by atoms with E-state index in [-0.39, 0.29) is 0 Å². The Bertz CT molecular complexity index is 728. The second kappa shape index (κ2) is 9.95. The molecule has 0 bridgehead atoms. The van der Waals surface area contributed by atoms with E-state index >= 15 is 0 Å². The maximum atomic E-state index is 12.3. The Balaban J connectivity index is 1.85. The Labute approximate surface area is 159 Å². The summed E-state index contributed by atoms with van der Waals surface area (Å²) in [6.07, 6.45) is 7.40. The first-order chi connectivity index (χ1) is 12.0. The number of hydrogen-bond acceptors (Lipinski definition) is 4. The monoisotopic (exact) mass is 425 g/mol. The number of sulfonamides is 1. The average molecular weight is 426 g/mol. The molecule has 0 amide bonds. The highest BCUT2D eigenvalue weighted by molar-refractivity contribution is 9.10. The number of allylic oxidation sites excluding steroid dienone is 1. The number of rotatable bonds is 6. The fourth-order valence-corrected chi connectivity index (χ4v) is 3.85. The zero-order chi connectivity index (χ0) is 18.1. The highest BCUT2D eigenvalue weighted by Gasteiger charge is 2.25. The zero-order valence-electron chi connectivity index (χ0n) is 14.5. The van der Waals surface area contributed by atoms with Crippen molar-refractivity contribution >= 4 is 31.8 Å². The predicted molar refractivity (Wildman–Crippen MR) is 106 cm³/mol. The van der Waals surface area contributed by atoms with Crippen molar-refractivity contribution < 1.29 is 8.42 Å². The van der Waals surface area contributed by atoms with E-state index in [0.29, 0.717) is 26.2 Å². The molecule has 5 nitrogen and oxygen atoms in total. The number of hydrogen-bond donors (Lipinski definition) is 0. The molecule has 0 aliphatic carbocycles. The van der Waals surface area contributed by atoms with Crippen molar-refractivity contribution in [2.24, 2.45) is 0 Å². The van der Waals surface area contributed by atoms with Gasteiger partial charge in [0.2, 0.25) is 10.0 Å². The summed E-state index contributed by atoms with van der Waals surface area (Å²) in [6.45, 7) is 4.31. The Morgan fingerprint density at radius 3 is 2.64 bits per heavy atom. The molecule has 25 heavy (non-hydrogen) atoms. The SMILES string of the molecule is CCCCCC#C/C=C/S(=O)(=O)N1CCN(c2ccc(Br)cn2)CC1. The average Bonchev–Trinajstić information content (AvgIpc) is 2.62. The van der Waals surface area contributed by atoms with Crippen molar-refractivity contribution in [1.29, 1.82) is 0 Å². The van der Waals surface area contributed by atoms with Crippen molar-refractivity contribution in [3.63, 3.8) is 0 Å². The molecular weight excluding hydrogens is 402 g/mol. The summed E-state index contributed by atoms with van der Waals surface area (Å²) in [6, 6.07) is 3.87. The Hall–Kier alpha value is -1.36. The normalized spacial score (nSPS) is 16.0. The summed E-state index contributed by atoms with van der Waals surface area (Å²) >= 11 is 3.37. The van der Waals surface area contributed by atoms with Gasteiger partial charge in [-0.25, -0.2) is 13.4 Å². The molecule has 1 saturated heterocycles. The third kappa shape index (κ3) is 6.46. The maximum absolute atomic E-state index is 12.3. The van der Waals surface area contributed by atoms with Crippen LogP contribution in [0.4, 0.5) is 5.82 Å². The summed E-state index contributed by atoms with van der Waals surface area (Å²) in [5.74, 6) is 6.68. The van der Waals surface area contributed by atoms with E-state index in [9.17, 15) is 8.42 Å². The molecule has 0 N–H and O–H groups in total. The van der Waals surface area contributed by atoms with E-state index in [1.54, 1.807) is 6.20 Å². The van der Waals surface area contributed by atoms with Crippen molar-refractivity contribution in [1.82, 2.24) is 9.29 Å². The van der Waals surface area contributed by atoms with Crippen LogP contribution in [0.3, 0.4) is 0 Å². The minimum absolute atomic E-state index is 0.453. The number of pyridine rings is 1. The molecule has 1 aromatic heterocycles. The number of anilines is 1. The van der Waals surface area contributed by atoms with Crippen molar-refractivity contribution in [2.45, 2.75) is 32.6 Å². The summed E-state index contributed by atoms with van der Waals surface area (Å²) < 4.78 is 27.1. The molecule has 0 spiro atoms. The molecule has 0 aromatic carbocycles. The van der Waals surface area contributed by atoms with Gasteiger partial charge < -0.3 is 4.90 Å². The number of halogens is 1. The van der Waals surface area contributed by atoms with E-state index in [1.807, 2.05) is 12.1 Å². The third-order valence-corrected chi connectivity index (χ3v) is 6.00. The minimum Gasteiger partial charge on any atom is -0.354 e. The maximum Gasteiger partial charge on any atom is 0.236 e. The van der Waals surface area contributed by atoms with E-state index < -0.39 is 10.0 Å². The van der Waals surface area contributed by atoms with Crippen LogP contribution in [0.25, 0.3) is 0 Å². The van der Waals surface area contributed by atoms with Crippen LogP contribution in [-0.2, 0) is 10.0 Å². The van der Waals surface area contributed by atoms with Gasteiger partial charge in [-0.15, -0.1) is 0 Å². The van der Waals surface area contributed by atoms with Crippen LogP contribution in [-0.4, -0.2) is 43.9 Å². The van der Waals surface area contributed by atoms with Gasteiger partial charge in [-0.05, 0) is 34.5 Å². The van der Waals surface area contributed by atoms with Gasteiger partial charge in [-0.1, -0.05) is 31.6 Å². The fraction of sp³-hybridized carbons (Fsp3) is 0.500. The van der Waals surface area contributed by atoms with Crippen LogP contribution in [0.5, 0.6) is 0 Å². The topological polar surface area (TPSA) is 53.5 Å². The highest BCUT2D eigenvalue weighted by Crippen LogP contribution is 2.18. The third-order valence-electron chi connectivity index (χ3n) is 3.97.